The van der Waals surface area contributed by atoms with Gasteiger partial charge in [0, 0.05) is 6.20 Å². The molecule has 1 atom stereocenters. The van der Waals surface area contributed by atoms with Crippen LogP contribution < -0.4 is 5.32 Å². The van der Waals surface area contributed by atoms with Crippen molar-refractivity contribution >= 4 is 46.5 Å². The van der Waals surface area contributed by atoms with E-state index in [-0.39, 0.29) is 5.91 Å². The van der Waals surface area contributed by atoms with Crippen LogP contribution in [0.5, 0.6) is 0 Å². The third-order valence-corrected chi connectivity index (χ3v) is 4.05. The number of nitrogens with zero attached hydrogens (tertiary/aromatic N) is 1. The number of carbonyl (C=O) groups excluding carboxylic acids is 1. The van der Waals surface area contributed by atoms with Crippen LogP contribution in [0.1, 0.15) is 13.3 Å². The lowest BCUT2D eigenvalue weighted by atomic mass is 10.1. The number of alkyl halides is 2. The summed E-state index contributed by atoms with van der Waals surface area (Å²) in [6.07, 6.45) is 1.91. The predicted octanol–water partition coefficient (Wildman–Crippen LogP) is 3.26. The van der Waals surface area contributed by atoms with Gasteiger partial charge in [0.05, 0.1) is 10.4 Å². The quantitative estimate of drug-likeness (QED) is 0.844. The normalized spacial score (nSPS) is 26.2. The van der Waals surface area contributed by atoms with Crippen molar-refractivity contribution in [3.05, 3.63) is 23.4 Å². The van der Waals surface area contributed by atoms with Gasteiger partial charge in [-0.15, -0.1) is 23.2 Å². The number of amides is 1. The molecule has 1 saturated carbocycles. The molecule has 1 aromatic heterocycles. The van der Waals surface area contributed by atoms with Crippen molar-refractivity contribution in [1.82, 2.24) is 4.98 Å². The van der Waals surface area contributed by atoms with Crippen LogP contribution in [0.2, 0.25) is 5.02 Å². The minimum absolute atomic E-state index is 0.229. The molecule has 2 rings (SSSR count). The van der Waals surface area contributed by atoms with Crippen molar-refractivity contribution in [3.8, 4) is 0 Å². The number of rotatable bonds is 2. The van der Waals surface area contributed by atoms with Crippen molar-refractivity contribution in [2.75, 3.05) is 5.32 Å². The molecule has 1 amide bonds. The highest BCUT2D eigenvalue weighted by atomic mass is 35.5. The molecule has 1 aliphatic rings. The van der Waals surface area contributed by atoms with Gasteiger partial charge in [0.1, 0.15) is 10.2 Å². The number of pyridine rings is 1. The molecule has 1 aliphatic carbocycles. The Kier molecular flexibility index (Phi) is 2.81. The van der Waals surface area contributed by atoms with Gasteiger partial charge in [-0.05, 0) is 25.5 Å². The zero-order valence-corrected chi connectivity index (χ0v) is 10.7. The maximum atomic E-state index is 11.8. The van der Waals surface area contributed by atoms with Crippen LogP contribution in [-0.4, -0.2) is 15.2 Å². The summed E-state index contributed by atoms with van der Waals surface area (Å²) in [6.45, 7) is 1.72. The summed E-state index contributed by atoms with van der Waals surface area (Å²) in [5, 5.41) is 3.16. The molecule has 0 aromatic carbocycles. The Labute approximate surface area is 108 Å². The molecule has 0 radical (unpaired) electrons. The Morgan fingerprint density at radius 3 is 2.56 bits per heavy atom. The maximum Gasteiger partial charge on any atom is 0.234 e. The van der Waals surface area contributed by atoms with E-state index in [1.807, 2.05) is 0 Å². The van der Waals surface area contributed by atoms with Gasteiger partial charge >= 0.3 is 0 Å². The highest BCUT2D eigenvalue weighted by molar-refractivity contribution is 6.53. The van der Waals surface area contributed by atoms with Gasteiger partial charge in [0.25, 0.3) is 0 Å². The van der Waals surface area contributed by atoms with E-state index < -0.39 is 9.75 Å². The lowest BCUT2D eigenvalue weighted by Gasteiger charge is -2.11. The lowest BCUT2D eigenvalue weighted by Crippen LogP contribution is -2.26. The van der Waals surface area contributed by atoms with Gasteiger partial charge in [0.15, 0.2) is 0 Å². The van der Waals surface area contributed by atoms with E-state index in [1.165, 1.54) is 6.20 Å². The third kappa shape index (κ3) is 1.99. The maximum absolute atomic E-state index is 11.8. The van der Waals surface area contributed by atoms with Gasteiger partial charge in [-0.2, -0.15) is 0 Å². The molecule has 3 nitrogen and oxygen atoms in total. The first-order valence-corrected chi connectivity index (χ1v) is 5.79. The second-order valence-corrected chi connectivity index (χ2v) is 5.95. The molecule has 0 aliphatic heterocycles. The first-order valence-electron chi connectivity index (χ1n) is 4.66. The molecule has 0 spiro atoms. The Morgan fingerprint density at radius 1 is 1.50 bits per heavy atom. The summed E-state index contributed by atoms with van der Waals surface area (Å²) in [6, 6.07) is 3.27. The summed E-state index contributed by atoms with van der Waals surface area (Å²) < 4.78 is -0.969. The smallest absolute Gasteiger partial charge is 0.234 e. The number of aromatic nitrogens is 1. The summed E-state index contributed by atoms with van der Waals surface area (Å²) in [7, 11) is 0. The standard InChI is InChI=1S/C10H9Cl3N2O/c1-9(5-10(9,12)13)8(16)15-7-3-2-6(11)4-14-7/h2-4H,5H2,1H3,(H,14,15,16)/t9-/m0/s1. The van der Waals surface area contributed by atoms with Gasteiger partial charge in [-0.25, -0.2) is 4.98 Å². The lowest BCUT2D eigenvalue weighted by molar-refractivity contribution is -0.120. The van der Waals surface area contributed by atoms with Crippen molar-refractivity contribution < 1.29 is 4.79 Å². The first-order chi connectivity index (χ1) is 7.35. The molecule has 0 unspecified atom stereocenters. The van der Waals surface area contributed by atoms with Crippen LogP contribution >= 0.6 is 34.8 Å². The predicted molar refractivity (Wildman–Crippen MR) is 65.0 cm³/mol. The number of anilines is 1. The van der Waals surface area contributed by atoms with Gasteiger partial charge < -0.3 is 5.32 Å². The van der Waals surface area contributed by atoms with Crippen LogP contribution in [0.25, 0.3) is 0 Å². The topological polar surface area (TPSA) is 42.0 Å². The molecule has 6 heteroatoms. The second kappa shape index (κ2) is 3.76. The number of carbonyl (C=O) groups is 1. The molecule has 1 aromatic rings. The van der Waals surface area contributed by atoms with Gasteiger partial charge in [-0.3, -0.25) is 4.79 Å². The molecular weight excluding hydrogens is 270 g/mol. The van der Waals surface area contributed by atoms with Crippen molar-refractivity contribution in [1.29, 1.82) is 0 Å². The fraction of sp³-hybridized carbons (Fsp3) is 0.400. The fourth-order valence-electron chi connectivity index (χ4n) is 1.35. The van der Waals surface area contributed by atoms with Crippen molar-refractivity contribution in [3.63, 3.8) is 0 Å². The van der Waals surface area contributed by atoms with E-state index in [0.29, 0.717) is 17.3 Å². The highest BCUT2D eigenvalue weighted by Crippen LogP contribution is 2.64. The van der Waals surface area contributed by atoms with Gasteiger partial charge in [-0.1, -0.05) is 11.6 Å². The Morgan fingerprint density at radius 2 is 2.12 bits per heavy atom. The molecule has 1 fully saturated rings. The zero-order valence-electron chi connectivity index (χ0n) is 8.43. The highest BCUT2D eigenvalue weighted by Gasteiger charge is 2.67. The fourth-order valence-corrected chi connectivity index (χ4v) is 2.17. The molecular formula is C10H9Cl3N2O. The molecule has 1 N–H and O–H groups in total. The van der Waals surface area contributed by atoms with E-state index in [9.17, 15) is 4.79 Å². The zero-order chi connectivity index (χ0) is 12.0. The van der Waals surface area contributed by atoms with E-state index in [1.54, 1.807) is 19.1 Å². The summed E-state index contributed by atoms with van der Waals surface area (Å²) in [5.74, 6) is 0.207. The van der Waals surface area contributed by atoms with E-state index in [4.69, 9.17) is 34.8 Å². The first kappa shape index (κ1) is 12.0. The van der Waals surface area contributed by atoms with E-state index >= 15 is 0 Å². The molecule has 0 saturated heterocycles. The van der Waals surface area contributed by atoms with E-state index in [2.05, 4.69) is 10.3 Å². The summed E-state index contributed by atoms with van der Waals surface area (Å²) in [5.41, 5.74) is -0.739. The molecule has 1 heterocycles. The number of halogens is 3. The van der Waals surface area contributed by atoms with Crippen LogP contribution in [0.3, 0.4) is 0 Å². The minimum atomic E-state index is -0.969. The Balaban J connectivity index is 2.07. The molecule has 16 heavy (non-hydrogen) atoms. The van der Waals surface area contributed by atoms with Crippen LogP contribution in [0.4, 0.5) is 5.82 Å². The average Bonchev–Trinajstić information content (AvgIpc) is 2.71. The van der Waals surface area contributed by atoms with Crippen LogP contribution in [-0.2, 0) is 4.79 Å². The summed E-state index contributed by atoms with van der Waals surface area (Å²) >= 11 is 17.5. The SMILES string of the molecule is C[C@@]1(C(=O)Nc2ccc(Cl)cn2)CC1(Cl)Cl. The molecule has 86 valence electrons. The molecule has 0 bridgehead atoms. The number of hydrogen-bond acceptors (Lipinski definition) is 2. The monoisotopic (exact) mass is 278 g/mol. The Hall–Kier alpha value is -0.510. The minimum Gasteiger partial charge on any atom is -0.310 e. The summed E-state index contributed by atoms with van der Waals surface area (Å²) in [4.78, 5) is 15.8. The average molecular weight is 280 g/mol. The number of hydrogen-bond donors (Lipinski definition) is 1. The largest absolute Gasteiger partial charge is 0.310 e. The van der Waals surface area contributed by atoms with Crippen molar-refractivity contribution in [2.45, 2.75) is 17.7 Å². The van der Waals surface area contributed by atoms with Gasteiger partial charge in [0.2, 0.25) is 5.91 Å². The van der Waals surface area contributed by atoms with E-state index in [0.717, 1.165) is 0 Å². The second-order valence-electron chi connectivity index (χ2n) is 4.03. The van der Waals surface area contributed by atoms with Crippen molar-refractivity contribution in [2.24, 2.45) is 5.41 Å². The number of nitrogens with one attached hydrogen (secondary N) is 1. The Bertz CT molecular complexity index is 432. The van der Waals surface area contributed by atoms with Crippen LogP contribution in [0, 0.1) is 5.41 Å². The van der Waals surface area contributed by atoms with Crippen LogP contribution in [0.15, 0.2) is 18.3 Å². The third-order valence-electron chi connectivity index (χ3n) is 2.73.